The molecule has 2 unspecified atom stereocenters. The Bertz CT molecular complexity index is 1310. The summed E-state index contributed by atoms with van der Waals surface area (Å²) in [6.07, 6.45) is 0. The Hall–Kier alpha value is -3.57. The molecular formula is C19H22N9O5S3+. The lowest BCUT2D eigenvalue weighted by molar-refractivity contribution is -0.698. The number of aliphatic carboxylic acids is 1. The van der Waals surface area contributed by atoms with E-state index in [0.717, 1.165) is 11.3 Å². The van der Waals surface area contributed by atoms with Crippen molar-refractivity contribution in [3.63, 3.8) is 0 Å². The van der Waals surface area contributed by atoms with Gasteiger partial charge >= 0.3 is 11.1 Å². The number of carboxylic acids is 1. The Morgan fingerprint density at radius 1 is 1.39 bits per heavy atom. The molecular weight excluding hydrogens is 530 g/mol. The van der Waals surface area contributed by atoms with Gasteiger partial charge in [0.15, 0.2) is 10.8 Å². The molecule has 17 heteroatoms. The van der Waals surface area contributed by atoms with E-state index in [4.69, 9.17) is 22.0 Å². The third-order valence-corrected chi connectivity index (χ3v) is 8.40. The van der Waals surface area contributed by atoms with Crippen molar-refractivity contribution in [2.75, 3.05) is 35.8 Å². The summed E-state index contributed by atoms with van der Waals surface area (Å²) in [6.45, 7) is 0. The Morgan fingerprint density at radius 2 is 2.14 bits per heavy atom. The van der Waals surface area contributed by atoms with Gasteiger partial charge in [-0.15, -0.1) is 23.1 Å². The summed E-state index contributed by atoms with van der Waals surface area (Å²) in [6, 6.07) is 0.573. The van der Waals surface area contributed by atoms with Crippen molar-refractivity contribution >= 4 is 75.1 Å². The second-order valence-electron chi connectivity index (χ2n) is 7.55. The van der Waals surface area contributed by atoms with Crippen LogP contribution in [0.5, 0.6) is 0 Å². The minimum Gasteiger partial charge on any atom is -0.477 e. The van der Waals surface area contributed by atoms with Gasteiger partial charge in [0.25, 0.3) is 11.8 Å². The van der Waals surface area contributed by atoms with Crippen molar-refractivity contribution in [2.24, 2.45) is 12.2 Å². The highest BCUT2D eigenvalue weighted by Crippen LogP contribution is 2.41. The van der Waals surface area contributed by atoms with Crippen LogP contribution in [0.2, 0.25) is 0 Å². The van der Waals surface area contributed by atoms with Crippen LogP contribution in [0.15, 0.2) is 33.0 Å². The fourth-order valence-electron chi connectivity index (χ4n) is 3.55. The highest BCUT2D eigenvalue weighted by atomic mass is 32.2. The van der Waals surface area contributed by atoms with Crippen molar-refractivity contribution in [3.8, 4) is 0 Å². The van der Waals surface area contributed by atoms with Crippen LogP contribution < -0.4 is 27.1 Å². The summed E-state index contributed by atoms with van der Waals surface area (Å²) in [5.41, 5.74) is 17.8. The molecule has 2 aliphatic heterocycles. The van der Waals surface area contributed by atoms with Gasteiger partial charge in [-0.3, -0.25) is 14.5 Å². The van der Waals surface area contributed by atoms with Crippen LogP contribution in [0.25, 0.3) is 0 Å². The molecule has 2 aliphatic rings. The number of anilines is 3. The lowest BCUT2D eigenvalue weighted by Gasteiger charge is -2.49. The van der Waals surface area contributed by atoms with Gasteiger partial charge in [-0.1, -0.05) is 10.1 Å². The minimum atomic E-state index is -1.24. The van der Waals surface area contributed by atoms with Gasteiger partial charge in [0, 0.05) is 16.9 Å². The van der Waals surface area contributed by atoms with Crippen molar-refractivity contribution in [1.82, 2.24) is 20.2 Å². The lowest BCUT2D eigenvalue weighted by atomic mass is 10.0. The third-order valence-electron chi connectivity index (χ3n) is 5.27. The first-order valence-corrected chi connectivity index (χ1v) is 13.1. The molecule has 1 saturated heterocycles. The number of carbonyl (C=O) groups excluding carboxylic acids is 2. The van der Waals surface area contributed by atoms with Crippen molar-refractivity contribution in [3.05, 3.63) is 28.4 Å². The smallest absolute Gasteiger partial charge is 0.352 e. The molecule has 0 spiro atoms. The molecule has 0 saturated carbocycles. The summed E-state index contributed by atoms with van der Waals surface area (Å²) in [7, 11) is 2.99. The molecule has 2 amide bonds. The maximum absolute atomic E-state index is 13.0. The molecule has 0 aliphatic carbocycles. The van der Waals surface area contributed by atoms with Crippen LogP contribution in [0.1, 0.15) is 5.69 Å². The van der Waals surface area contributed by atoms with E-state index in [2.05, 4.69) is 20.4 Å². The van der Waals surface area contributed by atoms with E-state index in [9.17, 15) is 19.5 Å². The van der Waals surface area contributed by atoms with Crippen LogP contribution in [0.4, 0.5) is 16.8 Å². The SMILES string of the molecule is CO/N=C(\C(=O)NC1C(=O)N2C(C(=O)O)=C(CSc3nc(N)cc(N)[n+]3C)CSC12)c1csc(N)n1. The standard InChI is InChI=1S/C19H21N9O5S3/c1-27-10(21)3-9(20)24-19(27)36-5-7-4-34-16-12(15(30)28(16)13(7)17(31)32)25-14(29)11(26-33-2)8-6-35-18(22)23-8/h3,6,12,16H,4-5H2,1-2H3,(H7,20,21,22,23,25,29,31,32)/p+1/b26-11-. The zero-order valence-corrected chi connectivity index (χ0v) is 21.4. The van der Waals surface area contributed by atoms with Crippen LogP contribution in [-0.4, -0.2) is 73.5 Å². The highest BCUT2D eigenvalue weighted by Gasteiger charge is 2.54. The first-order chi connectivity index (χ1) is 17.1. The number of nitrogens with two attached hydrogens (primary N) is 3. The number of fused-ring (bicyclic) bond motifs is 1. The Kier molecular flexibility index (Phi) is 7.23. The topological polar surface area (TPSA) is 216 Å². The van der Waals surface area contributed by atoms with E-state index in [0.29, 0.717) is 22.3 Å². The van der Waals surface area contributed by atoms with E-state index >= 15 is 0 Å². The number of oxime groups is 1. The van der Waals surface area contributed by atoms with Crippen molar-refractivity contribution in [2.45, 2.75) is 16.6 Å². The van der Waals surface area contributed by atoms with Gasteiger partial charge in [-0.25, -0.2) is 14.3 Å². The highest BCUT2D eigenvalue weighted by molar-refractivity contribution is 8.01. The summed E-state index contributed by atoms with van der Waals surface area (Å²) in [4.78, 5) is 52.1. The van der Waals surface area contributed by atoms with Gasteiger partial charge in [0.1, 0.15) is 29.9 Å². The van der Waals surface area contributed by atoms with Crippen LogP contribution in [0, 0.1) is 0 Å². The number of thioether (sulfide) groups is 2. The number of nitrogens with zero attached hydrogens (tertiary/aromatic N) is 5. The number of nitrogen functional groups attached to an aromatic ring is 3. The van der Waals surface area contributed by atoms with E-state index in [1.807, 2.05) is 0 Å². The number of amides is 2. The summed E-state index contributed by atoms with van der Waals surface area (Å²) in [5.74, 6) is -1.25. The molecule has 1 fully saturated rings. The molecule has 14 nitrogen and oxygen atoms in total. The van der Waals surface area contributed by atoms with Gasteiger partial charge in [0.05, 0.1) is 13.1 Å². The second-order valence-corrected chi connectivity index (χ2v) is 10.5. The maximum atomic E-state index is 13.0. The van der Waals surface area contributed by atoms with Gasteiger partial charge in [-0.2, -0.15) is 0 Å². The quantitative estimate of drug-likeness (QED) is 0.0665. The number of carboxylic acid groups (broad SMARTS) is 1. The third kappa shape index (κ3) is 4.76. The zero-order chi connectivity index (χ0) is 26.1. The number of aromatic nitrogens is 3. The monoisotopic (exact) mass is 552 g/mol. The fourth-order valence-corrected chi connectivity index (χ4v) is 6.59. The molecule has 2 aromatic heterocycles. The minimum absolute atomic E-state index is 0.112. The summed E-state index contributed by atoms with van der Waals surface area (Å²) < 4.78 is 1.64. The van der Waals surface area contributed by atoms with Crippen LogP contribution in [0.3, 0.4) is 0 Å². The van der Waals surface area contributed by atoms with E-state index < -0.39 is 29.2 Å². The number of nitrogens with one attached hydrogen (secondary N) is 1. The van der Waals surface area contributed by atoms with Crippen LogP contribution in [-0.2, 0) is 26.3 Å². The molecule has 0 radical (unpaired) electrons. The van der Waals surface area contributed by atoms with E-state index in [1.54, 1.807) is 11.6 Å². The predicted molar refractivity (Wildman–Crippen MR) is 135 cm³/mol. The van der Waals surface area contributed by atoms with E-state index in [-0.39, 0.29) is 33.8 Å². The fraction of sp³-hybridized carbons (Fsp3) is 0.316. The molecule has 2 aromatic rings. The molecule has 4 rings (SSSR count). The average Bonchev–Trinajstić information content (AvgIpc) is 3.26. The number of β-lactam (4-membered cyclic amide) rings is 1. The number of rotatable bonds is 8. The largest absolute Gasteiger partial charge is 0.477 e. The summed E-state index contributed by atoms with van der Waals surface area (Å²) in [5, 5.41) is 17.9. The average molecular weight is 553 g/mol. The first kappa shape index (κ1) is 25.5. The summed E-state index contributed by atoms with van der Waals surface area (Å²) >= 11 is 3.72. The number of thiazole rings is 1. The Morgan fingerprint density at radius 3 is 2.78 bits per heavy atom. The molecule has 190 valence electrons. The number of hydrogen-bond acceptors (Lipinski definition) is 13. The number of carbonyl (C=O) groups is 3. The van der Waals surface area contributed by atoms with E-state index in [1.165, 1.54) is 47.0 Å². The lowest BCUT2D eigenvalue weighted by Crippen LogP contribution is -2.71. The normalized spacial score (nSPS) is 19.6. The first-order valence-electron chi connectivity index (χ1n) is 10.2. The number of hydrogen-bond donors (Lipinski definition) is 5. The molecule has 4 heterocycles. The molecule has 36 heavy (non-hydrogen) atoms. The van der Waals surface area contributed by atoms with Crippen molar-refractivity contribution in [1.29, 1.82) is 0 Å². The second kappa shape index (κ2) is 10.2. The predicted octanol–water partition coefficient (Wildman–Crippen LogP) is -1.01. The Labute approximate surface area is 216 Å². The molecule has 8 N–H and O–H groups in total. The molecule has 0 aromatic carbocycles. The van der Waals surface area contributed by atoms with Gasteiger partial charge < -0.3 is 32.5 Å². The van der Waals surface area contributed by atoms with Crippen LogP contribution >= 0.6 is 34.9 Å². The van der Waals surface area contributed by atoms with Gasteiger partial charge in [-0.05, 0) is 17.3 Å². The van der Waals surface area contributed by atoms with Gasteiger partial charge in [0.2, 0.25) is 11.6 Å². The maximum Gasteiger partial charge on any atom is 0.352 e. The Balaban J connectivity index is 1.51. The zero-order valence-electron chi connectivity index (χ0n) is 19.0. The molecule has 0 bridgehead atoms. The van der Waals surface area contributed by atoms with Crippen molar-refractivity contribution < 1.29 is 28.9 Å². The molecule has 2 atom stereocenters.